The van der Waals surface area contributed by atoms with Crippen LogP contribution in [-0.2, 0) is 22.4 Å². The highest BCUT2D eigenvalue weighted by Crippen LogP contribution is 2.43. The molecule has 0 unspecified atom stereocenters. The van der Waals surface area contributed by atoms with Crippen LogP contribution in [0.25, 0.3) is 0 Å². The zero-order chi connectivity index (χ0) is 34.3. The smallest absolute Gasteiger partial charge is 0.413 e. The number of ether oxygens (including phenoxy) is 2. The Hall–Kier alpha value is -3.91. The average molecular weight is 742 g/mol. The Balaban J connectivity index is 1.33. The molecule has 0 aliphatic heterocycles. The highest BCUT2D eigenvalue weighted by atomic mass is 79.9. The van der Waals surface area contributed by atoms with Gasteiger partial charge >= 0.3 is 6.09 Å². The number of amides is 4. The molecule has 12 nitrogen and oxygen atoms in total. The predicted octanol–water partition coefficient (Wildman–Crippen LogP) is 6.56. The number of thiophene rings is 1. The van der Waals surface area contributed by atoms with E-state index in [1.807, 2.05) is 0 Å². The summed E-state index contributed by atoms with van der Waals surface area (Å²) >= 11 is 4.99. The van der Waals surface area contributed by atoms with Crippen molar-refractivity contribution in [1.82, 2.24) is 14.9 Å². The molecule has 0 saturated heterocycles. The molecule has 2 heterocycles. The van der Waals surface area contributed by atoms with Crippen LogP contribution in [0.1, 0.15) is 90.2 Å². The van der Waals surface area contributed by atoms with Crippen molar-refractivity contribution in [2.45, 2.75) is 77.4 Å². The molecule has 3 aliphatic carbocycles. The van der Waals surface area contributed by atoms with Crippen molar-refractivity contribution in [2.24, 2.45) is 11.8 Å². The second-order valence-corrected chi connectivity index (χ2v) is 15.6. The van der Waals surface area contributed by atoms with E-state index in [-0.39, 0.29) is 35.3 Å². The molecule has 0 spiro atoms. The van der Waals surface area contributed by atoms with Gasteiger partial charge in [0.1, 0.15) is 22.2 Å². The SMILES string of the molecule is COc1ccc(N(C)C(=O)c2ncn([C@H]3CCc4sc(NC(=O)C5CC5)c(C(=O)NCC5CC5)c4C3)c2NC(=O)OC(C)(C)C)c(Br)c1. The zero-order valence-electron chi connectivity index (χ0n) is 27.8. The zero-order valence-corrected chi connectivity index (χ0v) is 30.2. The van der Waals surface area contributed by atoms with Crippen LogP contribution in [0.2, 0.25) is 0 Å². The van der Waals surface area contributed by atoms with Crippen molar-refractivity contribution in [3.05, 3.63) is 50.7 Å². The van der Waals surface area contributed by atoms with Crippen LogP contribution in [-0.4, -0.2) is 59.7 Å². The molecule has 256 valence electrons. The lowest BCUT2D eigenvalue weighted by molar-refractivity contribution is -0.117. The van der Waals surface area contributed by atoms with Crippen LogP contribution < -0.4 is 25.6 Å². The summed E-state index contributed by atoms with van der Waals surface area (Å²) < 4.78 is 13.3. The first kappa shape index (κ1) is 34.0. The molecule has 6 rings (SSSR count). The monoisotopic (exact) mass is 740 g/mol. The van der Waals surface area contributed by atoms with Crippen molar-refractivity contribution in [1.29, 1.82) is 0 Å². The number of anilines is 3. The number of benzene rings is 1. The van der Waals surface area contributed by atoms with Gasteiger partial charge in [0.25, 0.3) is 11.8 Å². The van der Waals surface area contributed by atoms with Gasteiger partial charge in [0, 0.05) is 34.9 Å². The van der Waals surface area contributed by atoms with E-state index in [4.69, 9.17) is 9.47 Å². The molecule has 48 heavy (non-hydrogen) atoms. The molecular weight excluding hydrogens is 700 g/mol. The standard InChI is InChI=1S/C34H41BrN6O6S/c1-34(2,3)47-33(45)38-28-27(32(44)40(4)24-12-11-21(46-5)15-23(24)35)37-17-41(28)20-10-13-25-22(14-20)26(30(43)36-16-18-6-7-18)31(48-25)39-29(42)19-8-9-19/h11-12,15,17-20H,6-10,13-14,16H2,1-5H3,(H,36,43)(H,38,45)(H,39,42)/t20-/m0/s1. The minimum Gasteiger partial charge on any atom is -0.497 e. The molecule has 0 radical (unpaired) electrons. The lowest BCUT2D eigenvalue weighted by atomic mass is 9.91. The molecule has 2 aromatic heterocycles. The van der Waals surface area contributed by atoms with Crippen molar-refractivity contribution in [3.63, 3.8) is 0 Å². The Labute approximate surface area is 292 Å². The van der Waals surface area contributed by atoms with Crippen molar-refractivity contribution in [3.8, 4) is 5.75 Å². The summed E-state index contributed by atoms with van der Waals surface area (Å²) in [5.74, 6) is 0.658. The number of hydrogen-bond acceptors (Lipinski definition) is 8. The van der Waals surface area contributed by atoms with Crippen LogP contribution in [0.3, 0.4) is 0 Å². The van der Waals surface area contributed by atoms with Gasteiger partial charge in [-0.2, -0.15) is 0 Å². The topological polar surface area (TPSA) is 144 Å². The quantitative estimate of drug-likeness (QED) is 0.214. The van der Waals surface area contributed by atoms with Gasteiger partial charge in [-0.1, -0.05) is 0 Å². The Morgan fingerprint density at radius 3 is 2.50 bits per heavy atom. The number of rotatable bonds is 10. The number of nitrogens with one attached hydrogen (secondary N) is 3. The Kier molecular flexibility index (Phi) is 9.58. The summed E-state index contributed by atoms with van der Waals surface area (Å²) in [6, 6.07) is 5.03. The summed E-state index contributed by atoms with van der Waals surface area (Å²) in [7, 11) is 3.20. The maximum Gasteiger partial charge on any atom is 0.413 e. The first-order valence-corrected chi connectivity index (χ1v) is 17.9. The molecule has 1 aromatic carbocycles. The second-order valence-electron chi connectivity index (χ2n) is 13.7. The number of imidazole rings is 1. The van der Waals surface area contributed by atoms with Gasteiger partial charge in [0.15, 0.2) is 5.69 Å². The number of methoxy groups -OCH3 is 1. The molecular formula is C34H41BrN6O6S. The fourth-order valence-corrected chi connectivity index (χ4v) is 7.68. The predicted molar refractivity (Wildman–Crippen MR) is 187 cm³/mol. The minimum atomic E-state index is -0.774. The number of carbonyl (C=O) groups excluding carboxylic acids is 4. The first-order chi connectivity index (χ1) is 22.8. The molecule has 3 aromatic rings. The minimum absolute atomic E-state index is 0.000634. The maximum atomic E-state index is 14.0. The van der Waals surface area contributed by atoms with Gasteiger partial charge in [0.05, 0.1) is 24.7 Å². The van der Waals surface area contributed by atoms with Gasteiger partial charge < -0.3 is 29.6 Å². The lowest BCUT2D eigenvalue weighted by Crippen LogP contribution is -2.32. The van der Waals surface area contributed by atoms with Gasteiger partial charge in [-0.25, -0.2) is 9.78 Å². The van der Waals surface area contributed by atoms with E-state index in [0.29, 0.717) is 58.2 Å². The molecule has 1 atom stereocenters. The number of aryl methyl sites for hydroxylation is 1. The van der Waals surface area contributed by atoms with Crippen molar-refractivity contribution < 1.29 is 28.7 Å². The average Bonchev–Trinajstić information content (AvgIpc) is 3.97. The van der Waals surface area contributed by atoms with Gasteiger partial charge in [-0.15, -0.1) is 11.3 Å². The van der Waals surface area contributed by atoms with Gasteiger partial charge in [-0.05, 0) is 111 Å². The van der Waals surface area contributed by atoms with Crippen LogP contribution in [0.5, 0.6) is 5.75 Å². The van der Waals surface area contributed by atoms with E-state index < -0.39 is 17.6 Å². The second kappa shape index (κ2) is 13.5. The Morgan fingerprint density at radius 2 is 1.85 bits per heavy atom. The summed E-state index contributed by atoms with van der Waals surface area (Å²) in [5, 5.41) is 9.54. The van der Waals surface area contributed by atoms with Crippen molar-refractivity contribution >= 4 is 67.6 Å². The van der Waals surface area contributed by atoms with Gasteiger partial charge in [-0.3, -0.25) is 19.7 Å². The largest absolute Gasteiger partial charge is 0.497 e. The maximum absolute atomic E-state index is 14.0. The summed E-state index contributed by atoms with van der Waals surface area (Å²) in [6.07, 6.45) is 6.54. The van der Waals surface area contributed by atoms with E-state index in [9.17, 15) is 19.2 Å². The number of carbonyl (C=O) groups is 4. The Morgan fingerprint density at radius 1 is 1.10 bits per heavy atom. The fourth-order valence-electron chi connectivity index (χ4n) is 5.81. The van der Waals surface area contributed by atoms with Crippen LogP contribution in [0.15, 0.2) is 29.0 Å². The molecule has 3 N–H and O–H groups in total. The number of hydrogen-bond donors (Lipinski definition) is 3. The van der Waals surface area contributed by atoms with E-state index in [1.54, 1.807) is 64.0 Å². The molecule has 4 amide bonds. The van der Waals surface area contributed by atoms with Crippen molar-refractivity contribution in [2.75, 3.05) is 36.2 Å². The normalized spacial score (nSPS) is 17.2. The van der Waals surface area contributed by atoms with E-state index >= 15 is 0 Å². The van der Waals surface area contributed by atoms with Gasteiger partial charge in [0.2, 0.25) is 5.91 Å². The fraction of sp³-hybridized carbons (Fsp3) is 0.500. The van der Waals surface area contributed by atoms with E-state index in [1.165, 1.54) is 16.2 Å². The van der Waals surface area contributed by atoms with E-state index in [0.717, 1.165) is 36.1 Å². The number of aromatic nitrogens is 2. The van der Waals surface area contributed by atoms with E-state index in [2.05, 4.69) is 36.9 Å². The number of nitrogens with zero attached hydrogens (tertiary/aromatic N) is 3. The highest BCUT2D eigenvalue weighted by Gasteiger charge is 2.36. The third-order valence-electron chi connectivity index (χ3n) is 8.73. The highest BCUT2D eigenvalue weighted by molar-refractivity contribution is 9.10. The third-order valence-corrected chi connectivity index (χ3v) is 10.6. The molecule has 14 heteroatoms. The van der Waals surface area contributed by atoms with Crippen LogP contribution in [0, 0.1) is 11.8 Å². The van der Waals surface area contributed by atoms with Crippen LogP contribution >= 0.6 is 27.3 Å². The molecule has 2 saturated carbocycles. The lowest BCUT2D eigenvalue weighted by Gasteiger charge is -2.27. The number of halogens is 1. The van der Waals surface area contributed by atoms with Crippen LogP contribution in [0.4, 0.5) is 21.3 Å². The Bertz CT molecular complexity index is 1750. The summed E-state index contributed by atoms with van der Waals surface area (Å²) in [6.45, 7) is 5.90. The third kappa shape index (κ3) is 7.54. The molecule has 2 fully saturated rings. The molecule has 0 bridgehead atoms. The molecule has 3 aliphatic rings. The summed E-state index contributed by atoms with van der Waals surface area (Å²) in [5.41, 5.74) is 1.24. The first-order valence-electron chi connectivity index (χ1n) is 16.2. The number of fused-ring (bicyclic) bond motifs is 1. The summed E-state index contributed by atoms with van der Waals surface area (Å²) in [4.78, 5) is 60.6.